The summed E-state index contributed by atoms with van der Waals surface area (Å²) in [7, 11) is 0. The van der Waals surface area contributed by atoms with Crippen molar-refractivity contribution in [1.82, 2.24) is 24.5 Å². The first kappa shape index (κ1) is 18.5. The Morgan fingerprint density at radius 2 is 1.73 bits per heavy atom. The summed E-state index contributed by atoms with van der Waals surface area (Å²) in [5, 5.41) is 3.50. The Bertz CT molecular complexity index is 1080. The molecule has 0 spiro atoms. The number of hydrogen-bond donors (Lipinski definition) is 1. The molecule has 4 aromatic rings. The van der Waals surface area contributed by atoms with E-state index in [2.05, 4.69) is 50.2 Å². The fraction of sp³-hybridized carbons (Fsp3) is 0.250. The standard InChI is InChI=1S/C24H24N6/c1-2-5-20-15-21(14-19(20)4-1)22-16-23(27-8-3-12-30-13-11-26-17-30)29-24(28-22)18-6-9-25-10-7-18/h1-2,4-7,9-11,13,16-17,21H,3,8,12,14-15H2,(H,27,28,29). The highest BCUT2D eigenvalue weighted by Crippen LogP contribution is 2.34. The number of aromatic nitrogens is 5. The lowest BCUT2D eigenvalue weighted by atomic mass is 10.0. The van der Waals surface area contributed by atoms with Gasteiger partial charge in [0.25, 0.3) is 0 Å². The maximum absolute atomic E-state index is 4.95. The molecule has 3 aromatic heterocycles. The normalized spacial score (nSPS) is 13.3. The van der Waals surface area contributed by atoms with Gasteiger partial charge in [-0.1, -0.05) is 24.3 Å². The molecule has 0 saturated carbocycles. The molecule has 5 rings (SSSR count). The van der Waals surface area contributed by atoms with Gasteiger partial charge in [0.05, 0.1) is 12.0 Å². The van der Waals surface area contributed by atoms with Crippen LogP contribution >= 0.6 is 0 Å². The van der Waals surface area contributed by atoms with E-state index < -0.39 is 0 Å². The van der Waals surface area contributed by atoms with Crippen LogP contribution in [0.4, 0.5) is 5.82 Å². The molecule has 1 aliphatic carbocycles. The zero-order chi connectivity index (χ0) is 20.2. The minimum atomic E-state index is 0.387. The maximum atomic E-state index is 4.95. The van der Waals surface area contributed by atoms with Gasteiger partial charge < -0.3 is 9.88 Å². The third kappa shape index (κ3) is 4.08. The van der Waals surface area contributed by atoms with Crippen molar-refractivity contribution in [2.24, 2.45) is 0 Å². The summed E-state index contributed by atoms with van der Waals surface area (Å²) in [5.41, 5.74) is 4.96. The molecule has 0 atom stereocenters. The van der Waals surface area contributed by atoms with Crippen LogP contribution in [0.2, 0.25) is 0 Å². The largest absolute Gasteiger partial charge is 0.370 e. The zero-order valence-corrected chi connectivity index (χ0v) is 16.8. The Morgan fingerprint density at radius 1 is 0.933 bits per heavy atom. The summed E-state index contributed by atoms with van der Waals surface area (Å²) in [6, 6.07) is 14.8. The topological polar surface area (TPSA) is 68.5 Å². The molecule has 0 unspecified atom stereocenters. The zero-order valence-electron chi connectivity index (χ0n) is 16.8. The molecule has 6 nitrogen and oxygen atoms in total. The van der Waals surface area contributed by atoms with Crippen molar-refractivity contribution in [3.8, 4) is 11.4 Å². The van der Waals surface area contributed by atoms with Crippen LogP contribution in [-0.4, -0.2) is 31.0 Å². The van der Waals surface area contributed by atoms with Crippen LogP contribution < -0.4 is 5.32 Å². The number of aryl methyl sites for hydroxylation is 1. The number of nitrogens with zero attached hydrogens (tertiary/aromatic N) is 5. The third-order valence-electron chi connectivity index (χ3n) is 5.61. The van der Waals surface area contributed by atoms with Crippen molar-refractivity contribution < 1.29 is 0 Å². The molecule has 0 bridgehead atoms. The number of hydrogen-bond acceptors (Lipinski definition) is 5. The molecular formula is C24H24N6. The third-order valence-corrected chi connectivity index (χ3v) is 5.61. The Hall–Kier alpha value is -3.54. The van der Waals surface area contributed by atoms with E-state index in [0.29, 0.717) is 5.92 Å². The molecule has 0 saturated heterocycles. The van der Waals surface area contributed by atoms with E-state index in [0.717, 1.165) is 55.3 Å². The summed E-state index contributed by atoms with van der Waals surface area (Å²) in [4.78, 5) is 18.0. The Labute approximate surface area is 176 Å². The second-order valence-corrected chi connectivity index (χ2v) is 7.69. The molecule has 0 aliphatic heterocycles. The van der Waals surface area contributed by atoms with Gasteiger partial charge >= 0.3 is 0 Å². The van der Waals surface area contributed by atoms with Gasteiger partial charge in [0.15, 0.2) is 5.82 Å². The van der Waals surface area contributed by atoms with Gasteiger partial charge in [-0.2, -0.15) is 0 Å². The monoisotopic (exact) mass is 396 g/mol. The fourth-order valence-electron chi connectivity index (χ4n) is 4.06. The summed E-state index contributed by atoms with van der Waals surface area (Å²) < 4.78 is 2.09. The van der Waals surface area contributed by atoms with Crippen LogP contribution in [0.1, 0.15) is 29.2 Å². The molecule has 3 heterocycles. The van der Waals surface area contributed by atoms with Crippen molar-refractivity contribution in [1.29, 1.82) is 0 Å². The van der Waals surface area contributed by atoms with Crippen LogP contribution in [0.5, 0.6) is 0 Å². The van der Waals surface area contributed by atoms with Gasteiger partial charge in [0, 0.05) is 55.4 Å². The number of nitrogens with one attached hydrogen (secondary N) is 1. The lowest BCUT2D eigenvalue weighted by Gasteiger charge is -2.14. The predicted octanol–water partition coefficient (Wildman–Crippen LogP) is 4.12. The Morgan fingerprint density at radius 3 is 2.47 bits per heavy atom. The summed E-state index contributed by atoms with van der Waals surface area (Å²) >= 11 is 0. The van der Waals surface area contributed by atoms with Crippen LogP contribution in [0.25, 0.3) is 11.4 Å². The highest BCUT2D eigenvalue weighted by Gasteiger charge is 2.24. The fourth-order valence-corrected chi connectivity index (χ4v) is 4.06. The van der Waals surface area contributed by atoms with Crippen LogP contribution in [0.3, 0.4) is 0 Å². The molecule has 0 fully saturated rings. The molecule has 30 heavy (non-hydrogen) atoms. The number of anilines is 1. The minimum absolute atomic E-state index is 0.387. The average Bonchev–Trinajstić information content (AvgIpc) is 3.47. The average molecular weight is 396 g/mol. The van der Waals surface area contributed by atoms with Crippen molar-refractivity contribution in [2.75, 3.05) is 11.9 Å². The van der Waals surface area contributed by atoms with Crippen LogP contribution in [0.15, 0.2) is 73.6 Å². The van der Waals surface area contributed by atoms with Gasteiger partial charge in [0.1, 0.15) is 5.82 Å². The van der Waals surface area contributed by atoms with E-state index in [1.165, 1.54) is 11.1 Å². The molecule has 1 aromatic carbocycles. The number of rotatable bonds is 7. The van der Waals surface area contributed by atoms with Gasteiger partial charge in [0.2, 0.25) is 0 Å². The lowest BCUT2D eigenvalue weighted by molar-refractivity contribution is 0.659. The molecule has 150 valence electrons. The molecule has 1 aliphatic rings. The van der Waals surface area contributed by atoms with Crippen molar-refractivity contribution in [2.45, 2.75) is 31.7 Å². The molecule has 0 radical (unpaired) electrons. The number of imidazole rings is 1. The predicted molar refractivity (Wildman–Crippen MR) is 117 cm³/mol. The second-order valence-electron chi connectivity index (χ2n) is 7.69. The van der Waals surface area contributed by atoms with E-state index in [-0.39, 0.29) is 0 Å². The molecule has 6 heteroatoms. The molecule has 1 N–H and O–H groups in total. The van der Waals surface area contributed by atoms with Crippen molar-refractivity contribution >= 4 is 5.82 Å². The van der Waals surface area contributed by atoms with Gasteiger partial charge in [-0.15, -0.1) is 0 Å². The van der Waals surface area contributed by atoms with Crippen LogP contribution in [-0.2, 0) is 19.4 Å². The van der Waals surface area contributed by atoms with Crippen molar-refractivity contribution in [3.63, 3.8) is 0 Å². The number of fused-ring (bicyclic) bond motifs is 1. The first-order chi connectivity index (χ1) is 14.8. The highest BCUT2D eigenvalue weighted by atomic mass is 15.0. The van der Waals surface area contributed by atoms with Gasteiger partial charge in [-0.05, 0) is 42.5 Å². The van der Waals surface area contributed by atoms with E-state index in [9.17, 15) is 0 Å². The van der Waals surface area contributed by atoms with E-state index >= 15 is 0 Å². The van der Waals surface area contributed by atoms with Gasteiger partial charge in [-0.25, -0.2) is 15.0 Å². The van der Waals surface area contributed by atoms with E-state index in [1.807, 2.05) is 30.9 Å². The Balaban J connectivity index is 1.37. The van der Waals surface area contributed by atoms with Crippen LogP contribution in [0, 0.1) is 0 Å². The SMILES string of the molecule is c1ccc2c(c1)CC(c1cc(NCCCn3ccnc3)nc(-c3ccncc3)n1)C2. The first-order valence-corrected chi connectivity index (χ1v) is 10.4. The van der Waals surface area contributed by atoms with E-state index in [1.54, 1.807) is 12.4 Å². The van der Waals surface area contributed by atoms with Crippen molar-refractivity contribution in [3.05, 3.63) is 90.4 Å². The second kappa shape index (κ2) is 8.45. The number of pyridine rings is 1. The lowest BCUT2D eigenvalue weighted by Crippen LogP contribution is -2.10. The quantitative estimate of drug-likeness (QED) is 0.476. The maximum Gasteiger partial charge on any atom is 0.161 e. The summed E-state index contributed by atoms with van der Waals surface area (Å²) in [6.07, 6.45) is 12.3. The first-order valence-electron chi connectivity index (χ1n) is 10.4. The van der Waals surface area contributed by atoms with E-state index in [4.69, 9.17) is 9.97 Å². The molecular weight excluding hydrogens is 372 g/mol. The summed E-state index contributed by atoms with van der Waals surface area (Å²) in [6.45, 7) is 1.77. The summed E-state index contributed by atoms with van der Waals surface area (Å²) in [5.74, 6) is 2.02. The number of benzene rings is 1. The molecule has 0 amide bonds. The minimum Gasteiger partial charge on any atom is -0.370 e. The highest BCUT2D eigenvalue weighted by molar-refractivity contribution is 5.57. The smallest absolute Gasteiger partial charge is 0.161 e. The van der Waals surface area contributed by atoms with Gasteiger partial charge in [-0.3, -0.25) is 4.98 Å². The Kier molecular flexibility index (Phi) is 5.21.